The summed E-state index contributed by atoms with van der Waals surface area (Å²) in [6, 6.07) is 5.13. The van der Waals surface area contributed by atoms with Gasteiger partial charge in [0, 0.05) is 29.2 Å². The Bertz CT molecular complexity index is 671. The van der Waals surface area contributed by atoms with Crippen molar-refractivity contribution in [2.24, 2.45) is 11.7 Å². The molecule has 0 bridgehead atoms. The molecule has 2 N–H and O–H groups in total. The van der Waals surface area contributed by atoms with Crippen LogP contribution in [0.5, 0.6) is 5.88 Å². The molecular weight excluding hydrogens is 293 g/mol. The van der Waals surface area contributed by atoms with Crippen molar-refractivity contribution in [3.8, 4) is 17.0 Å². The minimum absolute atomic E-state index is 0.0139. The lowest BCUT2D eigenvalue weighted by molar-refractivity contribution is 0.193. The predicted octanol–water partition coefficient (Wildman–Crippen LogP) is 3.73. The number of rotatable bonds is 6. The van der Waals surface area contributed by atoms with Crippen molar-refractivity contribution in [3.05, 3.63) is 42.1 Å². The van der Waals surface area contributed by atoms with Crippen molar-refractivity contribution in [1.82, 2.24) is 9.97 Å². The Morgan fingerprint density at radius 3 is 2.61 bits per heavy atom. The maximum absolute atomic E-state index is 14.2. The molecule has 2 aromatic rings. The number of hydrogen-bond acceptors (Lipinski definition) is 4. The monoisotopic (exact) mass is 317 g/mol. The molecule has 2 aromatic heterocycles. The first-order valence-electron chi connectivity index (χ1n) is 7.77. The van der Waals surface area contributed by atoms with Crippen LogP contribution < -0.4 is 10.5 Å². The van der Waals surface area contributed by atoms with E-state index in [1.54, 1.807) is 12.4 Å². The third-order valence-corrected chi connectivity index (χ3v) is 3.45. The lowest BCUT2D eigenvalue weighted by Gasteiger charge is -2.26. The van der Waals surface area contributed by atoms with Gasteiger partial charge in [0.25, 0.3) is 0 Å². The summed E-state index contributed by atoms with van der Waals surface area (Å²) < 4.78 is 19.7. The highest BCUT2D eigenvalue weighted by molar-refractivity contribution is 5.62. The van der Waals surface area contributed by atoms with Crippen LogP contribution in [0.15, 0.2) is 30.6 Å². The fourth-order valence-electron chi connectivity index (χ4n) is 2.64. The Morgan fingerprint density at radius 1 is 1.26 bits per heavy atom. The molecule has 0 unspecified atom stereocenters. The van der Waals surface area contributed by atoms with E-state index in [1.807, 2.05) is 26.0 Å². The lowest BCUT2D eigenvalue weighted by Crippen LogP contribution is -2.43. The van der Waals surface area contributed by atoms with E-state index >= 15 is 0 Å². The van der Waals surface area contributed by atoms with Crippen molar-refractivity contribution in [3.63, 3.8) is 0 Å². The predicted molar refractivity (Wildman–Crippen MR) is 89.7 cm³/mol. The summed E-state index contributed by atoms with van der Waals surface area (Å²) in [6.45, 7) is 8.20. The third-order valence-electron chi connectivity index (χ3n) is 3.45. The molecule has 23 heavy (non-hydrogen) atoms. The normalized spacial score (nSPS) is 13.9. The fraction of sp³-hybridized carbons (Fsp3) is 0.444. The molecule has 0 aromatic carbocycles. The second-order valence-electron chi connectivity index (χ2n) is 6.74. The largest absolute Gasteiger partial charge is 0.474 e. The number of hydrogen-bond donors (Lipinski definition) is 1. The molecule has 4 nitrogen and oxygen atoms in total. The van der Waals surface area contributed by atoms with Crippen molar-refractivity contribution < 1.29 is 9.13 Å². The van der Waals surface area contributed by atoms with E-state index in [0.29, 0.717) is 11.5 Å². The zero-order valence-corrected chi connectivity index (χ0v) is 14.1. The number of nitrogens with zero attached hydrogens (tertiary/aromatic N) is 2. The zero-order valence-electron chi connectivity index (χ0n) is 14.1. The van der Waals surface area contributed by atoms with Gasteiger partial charge in [-0.25, -0.2) is 9.37 Å². The summed E-state index contributed by atoms with van der Waals surface area (Å²) in [5, 5.41) is 0. The molecular formula is C18H24FN3O. The van der Waals surface area contributed by atoms with Crippen LogP contribution >= 0.6 is 0 Å². The fourth-order valence-corrected chi connectivity index (χ4v) is 2.64. The van der Waals surface area contributed by atoms with E-state index in [-0.39, 0.29) is 12.5 Å². The number of nitrogens with two attached hydrogens (primary N) is 1. The number of ether oxygens (including phenoxy) is 1. The molecule has 5 heteroatoms. The Balaban J connectivity index is 2.11. The van der Waals surface area contributed by atoms with E-state index in [4.69, 9.17) is 10.5 Å². The van der Waals surface area contributed by atoms with Crippen molar-refractivity contribution in [2.45, 2.75) is 39.7 Å². The molecule has 0 amide bonds. The van der Waals surface area contributed by atoms with Gasteiger partial charge < -0.3 is 10.5 Å². The molecule has 0 aliphatic heterocycles. The maximum Gasteiger partial charge on any atom is 0.250 e. The van der Waals surface area contributed by atoms with Gasteiger partial charge in [0.2, 0.25) is 5.88 Å². The lowest BCUT2D eigenvalue weighted by atomic mass is 9.93. The van der Waals surface area contributed by atoms with Gasteiger partial charge >= 0.3 is 0 Å². The van der Waals surface area contributed by atoms with E-state index in [9.17, 15) is 4.39 Å². The molecule has 0 fully saturated rings. The van der Waals surface area contributed by atoms with Crippen molar-refractivity contribution in [1.29, 1.82) is 0 Å². The summed E-state index contributed by atoms with van der Waals surface area (Å²) >= 11 is 0. The molecule has 1 atom stereocenters. The highest BCUT2D eigenvalue weighted by Gasteiger charge is 2.22. The van der Waals surface area contributed by atoms with Gasteiger partial charge in [-0.2, -0.15) is 0 Å². The topological polar surface area (TPSA) is 61.0 Å². The Kier molecular flexibility index (Phi) is 5.31. The number of aromatic nitrogens is 2. The molecule has 0 saturated heterocycles. The van der Waals surface area contributed by atoms with Crippen LogP contribution in [0.3, 0.4) is 0 Å². The van der Waals surface area contributed by atoms with E-state index < -0.39 is 11.4 Å². The third kappa shape index (κ3) is 4.99. The van der Waals surface area contributed by atoms with Gasteiger partial charge in [-0.05, 0) is 49.9 Å². The summed E-state index contributed by atoms with van der Waals surface area (Å²) in [7, 11) is 0. The molecule has 0 radical (unpaired) electrons. The summed E-state index contributed by atoms with van der Waals surface area (Å²) in [5.41, 5.74) is 8.10. The molecule has 0 spiro atoms. The maximum atomic E-state index is 14.2. The average Bonchev–Trinajstić information content (AvgIpc) is 2.44. The quantitative estimate of drug-likeness (QED) is 0.882. The van der Waals surface area contributed by atoms with E-state index in [1.165, 1.54) is 6.07 Å². The first-order chi connectivity index (χ1) is 10.8. The Labute approximate surface area is 136 Å². The second kappa shape index (κ2) is 7.04. The van der Waals surface area contributed by atoms with Crippen LogP contribution in [0.4, 0.5) is 4.39 Å². The molecule has 2 rings (SSSR count). The average molecular weight is 317 g/mol. The number of aryl methyl sites for hydroxylation is 1. The second-order valence-corrected chi connectivity index (χ2v) is 6.74. The van der Waals surface area contributed by atoms with E-state index in [2.05, 4.69) is 23.8 Å². The minimum Gasteiger partial charge on any atom is -0.474 e. The van der Waals surface area contributed by atoms with E-state index in [0.717, 1.165) is 17.7 Å². The summed E-state index contributed by atoms with van der Waals surface area (Å²) in [4.78, 5) is 8.23. The highest BCUT2D eigenvalue weighted by Crippen LogP contribution is 2.24. The number of pyridine rings is 2. The first-order valence-corrected chi connectivity index (χ1v) is 7.77. The molecule has 2 heterocycles. The number of halogens is 1. The molecule has 0 saturated carbocycles. The Hall–Kier alpha value is -2.01. The van der Waals surface area contributed by atoms with Crippen LogP contribution in [0.1, 0.15) is 32.9 Å². The van der Waals surface area contributed by atoms with Gasteiger partial charge in [-0.15, -0.1) is 0 Å². The van der Waals surface area contributed by atoms with Gasteiger partial charge in [0.05, 0.1) is 0 Å². The van der Waals surface area contributed by atoms with Crippen LogP contribution in [-0.4, -0.2) is 22.1 Å². The van der Waals surface area contributed by atoms with Gasteiger partial charge in [-0.3, -0.25) is 4.98 Å². The van der Waals surface area contributed by atoms with Crippen LogP contribution in [-0.2, 0) is 0 Å². The summed E-state index contributed by atoms with van der Waals surface area (Å²) in [6.07, 6.45) is 4.09. The minimum atomic E-state index is -0.511. The van der Waals surface area contributed by atoms with Crippen molar-refractivity contribution >= 4 is 0 Å². The standard InChI is InChI=1S/C18H24FN3O/c1-12(2)9-18(4,20)11-23-17-16(19)8-15(10-22-17)14-5-6-21-13(3)7-14/h5-8,10,12H,9,11,20H2,1-4H3/t18-/m0/s1. The van der Waals surface area contributed by atoms with Gasteiger partial charge in [0.15, 0.2) is 5.82 Å². The van der Waals surface area contributed by atoms with Gasteiger partial charge in [-0.1, -0.05) is 13.8 Å². The smallest absolute Gasteiger partial charge is 0.250 e. The SMILES string of the molecule is Cc1cc(-c2cnc(OC[C@@](C)(N)CC(C)C)c(F)c2)ccn1. The highest BCUT2D eigenvalue weighted by atomic mass is 19.1. The molecule has 0 aliphatic carbocycles. The van der Waals surface area contributed by atoms with Crippen LogP contribution in [0, 0.1) is 18.7 Å². The summed E-state index contributed by atoms with van der Waals surface area (Å²) in [5.74, 6) is -0.0546. The van der Waals surface area contributed by atoms with Gasteiger partial charge in [0.1, 0.15) is 6.61 Å². The molecule has 124 valence electrons. The molecule has 0 aliphatic rings. The Morgan fingerprint density at radius 2 is 2.00 bits per heavy atom. The van der Waals surface area contributed by atoms with Crippen molar-refractivity contribution in [2.75, 3.05) is 6.61 Å². The van der Waals surface area contributed by atoms with Crippen LogP contribution in [0.25, 0.3) is 11.1 Å². The zero-order chi connectivity index (χ0) is 17.0. The first kappa shape index (κ1) is 17.3. The van der Waals surface area contributed by atoms with Crippen LogP contribution in [0.2, 0.25) is 0 Å².